The summed E-state index contributed by atoms with van der Waals surface area (Å²) in [5, 5.41) is 3.50. The predicted molar refractivity (Wildman–Crippen MR) is 70.2 cm³/mol. The van der Waals surface area contributed by atoms with Crippen molar-refractivity contribution < 1.29 is 4.79 Å². The minimum absolute atomic E-state index is 0.00428. The maximum absolute atomic E-state index is 11.4. The number of carbonyl (C=O) groups is 1. The number of anilines is 1. The van der Waals surface area contributed by atoms with Crippen LogP contribution in [0.5, 0.6) is 0 Å². The summed E-state index contributed by atoms with van der Waals surface area (Å²) in [5.41, 5.74) is 8.88. The van der Waals surface area contributed by atoms with Crippen LogP contribution in [-0.4, -0.2) is 5.91 Å². The molecule has 1 amide bonds. The highest BCUT2D eigenvalue weighted by atomic mass is 35.5. The SMILES string of the molecule is CC(C)(C)C(N)c1cc(Cl)cc2c1NC(=O)C2. The van der Waals surface area contributed by atoms with Gasteiger partial charge < -0.3 is 11.1 Å². The summed E-state index contributed by atoms with van der Waals surface area (Å²) < 4.78 is 0. The minimum Gasteiger partial charge on any atom is -0.325 e. The number of nitrogens with one attached hydrogen (secondary N) is 1. The molecule has 0 aliphatic carbocycles. The Hall–Kier alpha value is -1.06. The average molecular weight is 253 g/mol. The fraction of sp³-hybridized carbons (Fsp3) is 0.462. The van der Waals surface area contributed by atoms with Gasteiger partial charge in [0.25, 0.3) is 0 Å². The molecule has 4 heteroatoms. The first-order valence-electron chi connectivity index (χ1n) is 5.67. The van der Waals surface area contributed by atoms with Gasteiger partial charge in [0.15, 0.2) is 0 Å². The number of nitrogens with two attached hydrogens (primary N) is 1. The minimum atomic E-state index is -0.159. The van der Waals surface area contributed by atoms with E-state index in [1.807, 2.05) is 12.1 Å². The standard InChI is InChI=1S/C13H17ClN2O/c1-13(2,3)12(15)9-6-8(14)4-7-5-10(17)16-11(7)9/h4,6,12H,5,15H2,1-3H3,(H,16,17). The molecule has 1 aromatic carbocycles. The second-order valence-electron chi connectivity index (χ2n) is 5.60. The molecule has 0 radical (unpaired) electrons. The molecule has 17 heavy (non-hydrogen) atoms. The van der Waals surface area contributed by atoms with Crippen LogP contribution < -0.4 is 11.1 Å². The van der Waals surface area contributed by atoms with Crippen LogP contribution in [0.2, 0.25) is 5.02 Å². The molecular weight excluding hydrogens is 236 g/mol. The molecule has 1 atom stereocenters. The van der Waals surface area contributed by atoms with Crippen molar-refractivity contribution in [2.24, 2.45) is 11.1 Å². The summed E-state index contributed by atoms with van der Waals surface area (Å²) in [6.45, 7) is 6.21. The van der Waals surface area contributed by atoms with E-state index in [9.17, 15) is 4.79 Å². The first kappa shape index (κ1) is 12.4. The first-order chi connectivity index (χ1) is 7.79. The summed E-state index contributed by atoms with van der Waals surface area (Å²) in [5.74, 6) is 0.00428. The third kappa shape index (κ3) is 2.31. The lowest BCUT2D eigenvalue weighted by Gasteiger charge is -2.29. The van der Waals surface area contributed by atoms with E-state index < -0.39 is 0 Å². The van der Waals surface area contributed by atoms with Crippen LogP contribution in [0.15, 0.2) is 12.1 Å². The van der Waals surface area contributed by atoms with E-state index in [0.717, 1.165) is 16.8 Å². The Morgan fingerprint density at radius 1 is 1.41 bits per heavy atom. The number of fused-ring (bicyclic) bond motifs is 1. The van der Waals surface area contributed by atoms with Crippen molar-refractivity contribution in [3.63, 3.8) is 0 Å². The summed E-state index contributed by atoms with van der Waals surface area (Å²) in [6, 6.07) is 3.52. The number of hydrogen-bond donors (Lipinski definition) is 2. The Morgan fingerprint density at radius 2 is 2.06 bits per heavy atom. The first-order valence-corrected chi connectivity index (χ1v) is 6.04. The molecule has 3 N–H and O–H groups in total. The van der Waals surface area contributed by atoms with Crippen molar-refractivity contribution in [3.8, 4) is 0 Å². The number of rotatable bonds is 1. The van der Waals surface area contributed by atoms with Gasteiger partial charge in [0.2, 0.25) is 5.91 Å². The molecule has 2 rings (SSSR count). The van der Waals surface area contributed by atoms with Crippen molar-refractivity contribution >= 4 is 23.2 Å². The van der Waals surface area contributed by atoms with Crippen LogP contribution in [0, 0.1) is 5.41 Å². The molecule has 1 aromatic rings. The van der Waals surface area contributed by atoms with Crippen LogP contribution in [0.4, 0.5) is 5.69 Å². The number of hydrogen-bond acceptors (Lipinski definition) is 2. The van der Waals surface area contributed by atoms with Crippen LogP contribution >= 0.6 is 11.6 Å². The highest BCUT2D eigenvalue weighted by molar-refractivity contribution is 6.31. The molecule has 1 aliphatic rings. The van der Waals surface area contributed by atoms with Crippen molar-refractivity contribution in [1.82, 2.24) is 0 Å². The quantitative estimate of drug-likeness (QED) is 0.808. The zero-order chi connectivity index (χ0) is 12.8. The van der Waals surface area contributed by atoms with Gasteiger partial charge in [-0.05, 0) is 28.7 Å². The molecule has 0 aromatic heterocycles. The number of halogens is 1. The maximum Gasteiger partial charge on any atom is 0.228 e. The van der Waals surface area contributed by atoms with E-state index in [-0.39, 0.29) is 17.4 Å². The van der Waals surface area contributed by atoms with Crippen LogP contribution in [-0.2, 0) is 11.2 Å². The van der Waals surface area contributed by atoms with Crippen molar-refractivity contribution in [2.75, 3.05) is 5.32 Å². The van der Waals surface area contributed by atoms with Gasteiger partial charge >= 0.3 is 0 Å². The molecule has 0 spiro atoms. The predicted octanol–water partition coefficient (Wildman–Crippen LogP) is 2.88. The van der Waals surface area contributed by atoms with E-state index in [0.29, 0.717) is 11.4 Å². The largest absolute Gasteiger partial charge is 0.325 e. The normalized spacial score (nSPS) is 16.6. The Morgan fingerprint density at radius 3 is 2.65 bits per heavy atom. The van der Waals surface area contributed by atoms with E-state index in [4.69, 9.17) is 17.3 Å². The van der Waals surface area contributed by atoms with Crippen LogP contribution in [0.3, 0.4) is 0 Å². The zero-order valence-corrected chi connectivity index (χ0v) is 11.1. The average Bonchev–Trinajstić information content (AvgIpc) is 2.54. The van der Waals surface area contributed by atoms with Gasteiger partial charge in [-0.25, -0.2) is 0 Å². The van der Waals surface area contributed by atoms with Crippen molar-refractivity contribution in [2.45, 2.75) is 33.2 Å². The smallest absolute Gasteiger partial charge is 0.228 e. The summed E-state index contributed by atoms with van der Waals surface area (Å²) >= 11 is 6.08. The Balaban J connectivity index is 2.52. The molecule has 1 aliphatic heterocycles. The summed E-state index contributed by atoms with van der Waals surface area (Å²) in [7, 11) is 0. The lowest BCUT2D eigenvalue weighted by molar-refractivity contribution is -0.115. The molecule has 0 fully saturated rings. The van der Waals surface area contributed by atoms with E-state index in [2.05, 4.69) is 26.1 Å². The van der Waals surface area contributed by atoms with Gasteiger partial charge in [0.1, 0.15) is 0 Å². The molecule has 0 bridgehead atoms. The molecular formula is C13H17ClN2O. The highest BCUT2D eigenvalue weighted by Crippen LogP contribution is 2.39. The summed E-state index contributed by atoms with van der Waals surface area (Å²) in [4.78, 5) is 11.4. The Labute approximate surface area is 106 Å². The van der Waals surface area contributed by atoms with Crippen molar-refractivity contribution in [3.05, 3.63) is 28.3 Å². The maximum atomic E-state index is 11.4. The third-order valence-electron chi connectivity index (χ3n) is 3.10. The second-order valence-corrected chi connectivity index (χ2v) is 6.03. The highest BCUT2D eigenvalue weighted by Gasteiger charge is 2.29. The topological polar surface area (TPSA) is 55.1 Å². The number of amides is 1. The Kier molecular flexibility index (Phi) is 2.92. The van der Waals surface area contributed by atoms with Crippen LogP contribution in [0.1, 0.15) is 37.9 Å². The molecule has 1 heterocycles. The third-order valence-corrected chi connectivity index (χ3v) is 3.32. The molecule has 0 saturated heterocycles. The van der Waals surface area contributed by atoms with Gasteiger partial charge in [0.05, 0.1) is 6.42 Å². The van der Waals surface area contributed by atoms with E-state index in [1.165, 1.54) is 0 Å². The Bertz CT molecular complexity index is 477. The van der Waals surface area contributed by atoms with Crippen molar-refractivity contribution in [1.29, 1.82) is 0 Å². The van der Waals surface area contributed by atoms with E-state index >= 15 is 0 Å². The van der Waals surface area contributed by atoms with Gasteiger partial charge in [-0.15, -0.1) is 0 Å². The van der Waals surface area contributed by atoms with Gasteiger partial charge in [-0.2, -0.15) is 0 Å². The van der Waals surface area contributed by atoms with Gasteiger partial charge in [-0.3, -0.25) is 4.79 Å². The number of carbonyl (C=O) groups excluding carboxylic acids is 1. The van der Waals surface area contributed by atoms with E-state index in [1.54, 1.807) is 0 Å². The van der Waals surface area contributed by atoms with Crippen LogP contribution in [0.25, 0.3) is 0 Å². The molecule has 92 valence electrons. The zero-order valence-electron chi connectivity index (χ0n) is 10.3. The number of benzene rings is 1. The molecule has 3 nitrogen and oxygen atoms in total. The fourth-order valence-corrected chi connectivity index (χ4v) is 2.30. The molecule has 0 saturated carbocycles. The van der Waals surface area contributed by atoms with Gasteiger partial charge in [0, 0.05) is 16.8 Å². The lowest BCUT2D eigenvalue weighted by Crippen LogP contribution is -2.27. The summed E-state index contributed by atoms with van der Waals surface area (Å²) in [6.07, 6.45) is 0.389. The van der Waals surface area contributed by atoms with Gasteiger partial charge in [-0.1, -0.05) is 32.4 Å². The fourth-order valence-electron chi connectivity index (χ4n) is 2.05. The molecule has 1 unspecified atom stereocenters. The monoisotopic (exact) mass is 252 g/mol. The second kappa shape index (κ2) is 4.00. The lowest BCUT2D eigenvalue weighted by atomic mass is 9.82.